The highest BCUT2D eigenvalue weighted by Gasteiger charge is 2.17. The predicted molar refractivity (Wildman–Crippen MR) is 89.8 cm³/mol. The molecule has 0 amide bonds. The lowest BCUT2D eigenvalue weighted by Crippen LogP contribution is -2.35. The van der Waals surface area contributed by atoms with E-state index in [-0.39, 0.29) is 11.6 Å². The number of rotatable bonds is 5. The number of benzene rings is 1. The minimum absolute atomic E-state index is 0.0894. The van der Waals surface area contributed by atoms with Crippen LogP contribution in [0, 0.1) is 0 Å². The summed E-state index contributed by atoms with van der Waals surface area (Å²) < 4.78 is 12.8. The van der Waals surface area contributed by atoms with E-state index < -0.39 is 0 Å². The van der Waals surface area contributed by atoms with E-state index >= 15 is 0 Å². The lowest BCUT2D eigenvalue weighted by molar-refractivity contribution is -0.0114. The van der Waals surface area contributed by atoms with Crippen molar-refractivity contribution in [1.82, 2.24) is 5.32 Å². The third kappa shape index (κ3) is 5.61. The summed E-state index contributed by atoms with van der Waals surface area (Å²) >= 11 is 3.60. The van der Waals surface area contributed by atoms with Crippen LogP contribution in [0.1, 0.15) is 45.6 Å². The summed E-state index contributed by atoms with van der Waals surface area (Å²) in [7, 11) is 0. The monoisotopic (exact) mass is 355 g/mol. The van der Waals surface area contributed by atoms with E-state index in [0.717, 1.165) is 29.8 Å². The van der Waals surface area contributed by atoms with Crippen molar-refractivity contribution in [3.05, 3.63) is 28.2 Å². The summed E-state index contributed by atoms with van der Waals surface area (Å²) in [5.41, 5.74) is 1.27. The van der Waals surface area contributed by atoms with Gasteiger partial charge in [0.2, 0.25) is 0 Å². The Morgan fingerprint density at radius 1 is 1.33 bits per heavy atom. The van der Waals surface area contributed by atoms with E-state index in [9.17, 15) is 0 Å². The van der Waals surface area contributed by atoms with Crippen LogP contribution in [0.2, 0.25) is 0 Å². The Morgan fingerprint density at radius 3 is 2.81 bits per heavy atom. The number of ether oxygens (including phenoxy) is 2. The van der Waals surface area contributed by atoms with Gasteiger partial charge in [0.15, 0.2) is 0 Å². The van der Waals surface area contributed by atoms with Gasteiger partial charge in [-0.05, 0) is 62.0 Å². The third-order valence-electron chi connectivity index (χ3n) is 3.55. The van der Waals surface area contributed by atoms with Gasteiger partial charge >= 0.3 is 0 Å². The summed E-state index contributed by atoms with van der Waals surface area (Å²) in [6.07, 6.45) is 3.74. The van der Waals surface area contributed by atoms with E-state index in [1.807, 2.05) is 12.1 Å². The second kappa shape index (κ2) is 7.61. The highest BCUT2D eigenvalue weighted by atomic mass is 79.9. The summed E-state index contributed by atoms with van der Waals surface area (Å²) in [4.78, 5) is 0. The van der Waals surface area contributed by atoms with Crippen LogP contribution in [-0.2, 0) is 11.3 Å². The van der Waals surface area contributed by atoms with Crippen LogP contribution in [0.5, 0.6) is 5.75 Å². The minimum atomic E-state index is 0.0894. The van der Waals surface area contributed by atoms with Gasteiger partial charge in [-0.2, -0.15) is 0 Å². The largest absolute Gasteiger partial charge is 0.489 e. The van der Waals surface area contributed by atoms with Crippen LogP contribution in [0.4, 0.5) is 0 Å². The standard InChI is InChI=1S/C17H26BrNO2/c1-17(2,3)19-11-13-7-6-9-15(18)16(13)21-12-14-8-4-5-10-20-14/h6-7,9,14,19H,4-5,8,10-12H2,1-3H3. The Kier molecular flexibility index (Phi) is 6.08. The first-order valence-electron chi connectivity index (χ1n) is 7.72. The first-order valence-corrected chi connectivity index (χ1v) is 8.52. The lowest BCUT2D eigenvalue weighted by Gasteiger charge is -2.25. The van der Waals surface area contributed by atoms with Gasteiger partial charge in [0.25, 0.3) is 0 Å². The molecule has 1 fully saturated rings. The number of hydrogen-bond donors (Lipinski definition) is 1. The van der Waals surface area contributed by atoms with Gasteiger partial charge in [-0.1, -0.05) is 12.1 Å². The fourth-order valence-electron chi connectivity index (χ4n) is 2.33. The number of halogens is 1. The fraction of sp³-hybridized carbons (Fsp3) is 0.647. The summed E-state index contributed by atoms with van der Waals surface area (Å²) in [5, 5.41) is 3.51. The molecule has 0 radical (unpaired) electrons. The van der Waals surface area contributed by atoms with E-state index in [1.54, 1.807) is 0 Å². The Hall–Kier alpha value is -0.580. The molecule has 0 bridgehead atoms. The number of para-hydroxylation sites is 1. The SMILES string of the molecule is CC(C)(C)NCc1cccc(Br)c1OCC1CCCCO1. The second-order valence-corrected chi connectivity index (χ2v) is 7.49. The molecule has 1 aliphatic heterocycles. The van der Waals surface area contributed by atoms with E-state index in [2.05, 4.69) is 48.1 Å². The van der Waals surface area contributed by atoms with Crippen LogP contribution in [0.3, 0.4) is 0 Å². The molecule has 1 aromatic carbocycles. The molecule has 1 N–H and O–H groups in total. The third-order valence-corrected chi connectivity index (χ3v) is 4.17. The number of nitrogens with one attached hydrogen (secondary N) is 1. The maximum absolute atomic E-state index is 6.06. The summed E-state index contributed by atoms with van der Waals surface area (Å²) in [6, 6.07) is 6.19. The normalized spacial score (nSPS) is 19.5. The van der Waals surface area contributed by atoms with E-state index in [1.165, 1.54) is 18.4 Å². The van der Waals surface area contributed by atoms with Crippen LogP contribution >= 0.6 is 15.9 Å². The Labute approximate surface area is 136 Å². The molecule has 2 rings (SSSR count). The molecule has 0 aliphatic carbocycles. The molecule has 1 saturated heterocycles. The molecular weight excluding hydrogens is 330 g/mol. The highest BCUT2D eigenvalue weighted by molar-refractivity contribution is 9.10. The van der Waals surface area contributed by atoms with Gasteiger partial charge in [-0.3, -0.25) is 0 Å². The van der Waals surface area contributed by atoms with Crippen LogP contribution in [0.15, 0.2) is 22.7 Å². The smallest absolute Gasteiger partial charge is 0.138 e. The maximum atomic E-state index is 6.06. The molecule has 4 heteroatoms. The highest BCUT2D eigenvalue weighted by Crippen LogP contribution is 2.30. The van der Waals surface area contributed by atoms with E-state index in [0.29, 0.717) is 6.61 Å². The van der Waals surface area contributed by atoms with Crippen molar-refractivity contribution < 1.29 is 9.47 Å². The summed E-state index contributed by atoms with van der Waals surface area (Å²) in [5.74, 6) is 0.934. The molecule has 1 unspecified atom stereocenters. The Morgan fingerprint density at radius 2 is 2.14 bits per heavy atom. The molecule has 118 valence electrons. The van der Waals surface area contributed by atoms with Crippen molar-refractivity contribution in [2.45, 2.75) is 58.2 Å². The fourth-order valence-corrected chi connectivity index (χ4v) is 2.85. The molecule has 21 heavy (non-hydrogen) atoms. The van der Waals surface area contributed by atoms with Crippen molar-refractivity contribution in [3.63, 3.8) is 0 Å². The van der Waals surface area contributed by atoms with Crippen LogP contribution in [-0.4, -0.2) is 24.9 Å². The predicted octanol–water partition coefficient (Wildman–Crippen LogP) is 4.29. The molecule has 1 aromatic rings. The zero-order chi connectivity index (χ0) is 15.3. The van der Waals surface area contributed by atoms with Gasteiger partial charge < -0.3 is 14.8 Å². The molecular formula is C17H26BrNO2. The quantitative estimate of drug-likeness (QED) is 0.854. The van der Waals surface area contributed by atoms with Crippen molar-refractivity contribution in [1.29, 1.82) is 0 Å². The van der Waals surface area contributed by atoms with Gasteiger partial charge in [0, 0.05) is 24.3 Å². The average molecular weight is 356 g/mol. The van der Waals surface area contributed by atoms with Gasteiger partial charge in [-0.15, -0.1) is 0 Å². The minimum Gasteiger partial charge on any atom is -0.489 e. The van der Waals surface area contributed by atoms with Crippen molar-refractivity contribution >= 4 is 15.9 Å². The molecule has 1 aliphatic rings. The first kappa shape index (κ1) is 16.8. The zero-order valence-corrected chi connectivity index (χ0v) is 14.8. The Bertz CT molecular complexity index is 451. The van der Waals surface area contributed by atoms with Crippen LogP contribution < -0.4 is 10.1 Å². The van der Waals surface area contributed by atoms with E-state index in [4.69, 9.17) is 9.47 Å². The maximum Gasteiger partial charge on any atom is 0.138 e. The van der Waals surface area contributed by atoms with Crippen molar-refractivity contribution in [3.8, 4) is 5.75 Å². The molecule has 1 atom stereocenters. The average Bonchev–Trinajstić information content (AvgIpc) is 2.44. The zero-order valence-electron chi connectivity index (χ0n) is 13.2. The van der Waals surface area contributed by atoms with Crippen molar-refractivity contribution in [2.24, 2.45) is 0 Å². The molecule has 0 aromatic heterocycles. The molecule has 3 nitrogen and oxygen atoms in total. The first-order chi connectivity index (χ1) is 9.96. The topological polar surface area (TPSA) is 30.5 Å². The molecule has 0 spiro atoms. The van der Waals surface area contributed by atoms with Gasteiger partial charge in [0.05, 0.1) is 10.6 Å². The van der Waals surface area contributed by atoms with Crippen molar-refractivity contribution in [2.75, 3.05) is 13.2 Å². The van der Waals surface area contributed by atoms with Gasteiger partial charge in [0.1, 0.15) is 12.4 Å². The number of hydrogen-bond acceptors (Lipinski definition) is 3. The lowest BCUT2D eigenvalue weighted by atomic mass is 10.1. The molecule has 0 saturated carbocycles. The van der Waals surface area contributed by atoms with Crippen LogP contribution in [0.25, 0.3) is 0 Å². The summed E-state index contributed by atoms with van der Waals surface area (Å²) in [6.45, 7) is 8.79. The molecule has 1 heterocycles. The van der Waals surface area contributed by atoms with Gasteiger partial charge in [-0.25, -0.2) is 0 Å². The second-order valence-electron chi connectivity index (χ2n) is 6.63. The Balaban J connectivity index is 1.99.